The van der Waals surface area contributed by atoms with E-state index in [-0.39, 0.29) is 0 Å². The maximum atomic E-state index is 11.3. The van der Waals surface area contributed by atoms with Gasteiger partial charge in [-0.05, 0) is 29.8 Å². The van der Waals surface area contributed by atoms with Crippen LogP contribution in [0.5, 0.6) is 5.75 Å². The minimum atomic E-state index is -1.39. The lowest BCUT2D eigenvalue weighted by Crippen LogP contribution is -2.33. The van der Waals surface area contributed by atoms with Gasteiger partial charge in [-0.2, -0.15) is 0 Å². The summed E-state index contributed by atoms with van der Waals surface area (Å²) in [5.41, 5.74) is 0.480. The zero-order valence-corrected chi connectivity index (χ0v) is 11.2. The summed E-state index contributed by atoms with van der Waals surface area (Å²) in [6.07, 6.45) is -2.65. The molecule has 2 N–H and O–H groups in total. The van der Waals surface area contributed by atoms with Crippen LogP contribution in [0.1, 0.15) is 11.7 Å². The molecule has 0 amide bonds. The molecule has 0 radical (unpaired) electrons. The molecule has 2 rings (SSSR count). The number of aliphatic hydroxyl groups is 1. The van der Waals surface area contributed by atoms with Crippen LogP contribution in [0.3, 0.4) is 0 Å². The number of carboxylic acids is 1. The van der Waals surface area contributed by atoms with E-state index in [9.17, 15) is 15.0 Å². The van der Waals surface area contributed by atoms with E-state index in [2.05, 4.69) is 0 Å². The molecule has 0 bridgehead atoms. The number of hydrogen-bond acceptors (Lipinski definition) is 3. The second kappa shape index (κ2) is 6.41. The first-order valence-electron chi connectivity index (χ1n) is 5.96. The summed E-state index contributed by atoms with van der Waals surface area (Å²) < 4.78 is 5.34. The fourth-order valence-electron chi connectivity index (χ4n) is 1.73. The standard InChI is InChI=1S/C15H13ClO4/c16-11-6-8-12(9-7-11)20-14(15(18)19)13(17)10-4-2-1-3-5-10/h1-9,13-14,17H,(H,18,19). The first kappa shape index (κ1) is 14.4. The number of aliphatic carboxylic acids is 1. The van der Waals surface area contributed by atoms with E-state index >= 15 is 0 Å². The number of carboxylic acid groups (broad SMARTS) is 1. The molecule has 20 heavy (non-hydrogen) atoms. The number of hydrogen-bond donors (Lipinski definition) is 2. The van der Waals surface area contributed by atoms with Gasteiger partial charge < -0.3 is 14.9 Å². The van der Waals surface area contributed by atoms with Gasteiger partial charge in [-0.15, -0.1) is 0 Å². The zero-order valence-electron chi connectivity index (χ0n) is 10.4. The number of aliphatic hydroxyl groups excluding tert-OH is 1. The van der Waals surface area contributed by atoms with Gasteiger partial charge in [-0.1, -0.05) is 41.9 Å². The average Bonchev–Trinajstić information content (AvgIpc) is 2.46. The van der Waals surface area contributed by atoms with Crippen molar-refractivity contribution >= 4 is 17.6 Å². The van der Waals surface area contributed by atoms with Crippen molar-refractivity contribution in [1.82, 2.24) is 0 Å². The fraction of sp³-hybridized carbons (Fsp3) is 0.133. The summed E-state index contributed by atoms with van der Waals surface area (Å²) in [5.74, 6) is -0.909. The van der Waals surface area contributed by atoms with E-state index in [1.807, 2.05) is 0 Å². The highest BCUT2D eigenvalue weighted by atomic mass is 35.5. The number of rotatable bonds is 5. The molecule has 4 nitrogen and oxygen atoms in total. The lowest BCUT2D eigenvalue weighted by atomic mass is 10.0. The van der Waals surface area contributed by atoms with E-state index in [1.165, 1.54) is 0 Å². The third-order valence-corrected chi connectivity index (χ3v) is 3.00. The number of ether oxygens (including phenoxy) is 1. The highest BCUT2D eigenvalue weighted by Gasteiger charge is 2.29. The van der Waals surface area contributed by atoms with Crippen LogP contribution in [-0.4, -0.2) is 22.3 Å². The Bertz CT molecular complexity index is 568. The third-order valence-electron chi connectivity index (χ3n) is 2.75. The van der Waals surface area contributed by atoms with Crippen LogP contribution in [0.2, 0.25) is 5.02 Å². The molecule has 0 aromatic heterocycles. The number of halogens is 1. The van der Waals surface area contributed by atoms with Gasteiger partial charge in [0.1, 0.15) is 11.9 Å². The van der Waals surface area contributed by atoms with Crippen molar-refractivity contribution in [2.24, 2.45) is 0 Å². The molecule has 0 heterocycles. The van der Waals surface area contributed by atoms with Gasteiger partial charge >= 0.3 is 5.97 Å². The normalized spacial score (nSPS) is 13.5. The summed E-state index contributed by atoms with van der Waals surface area (Å²) in [5, 5.41) is 19.9. The Morgan fingerprint density at radius 1 is 1.05 bits per heavy atom. The number of benzene rings is 2. The third kappa shape index (κ3) is 3.50. The maximum Gasteiger partial charge on any atom is 0.348 e. The summed E-state index contributed by atoms with van der Waals surface area (Å²) in [6.45, 7) is 0. The number of carbonyl (C=O) groups is 1. The summed E-state index contributed by atoms with van der Waals surface area (Å²) in [7, 11) is 0. The van der Waals surface area contributed by atoms with E-state index in [0.29, 0.717) is 16.3 Å². The lowest BCUT2D eigenvalue weighted by Gasteiger charge is -2.21. The summed E-state index contributed by atoms with van der Waals surface area (Å²) >= 11 is 5.75. The Hall–Kier alpha value is -2.04. The molecule has 5 heteroatoms. The van der Waals surface area contributed by atoms with Crippen molar-refractivity contribution in [2.75, 3.05) is 0 Å². The Morgan fingerprint density at radius 2 is 1.65 bits per heavy atom. The first-order valence-corrected chi connectivity index (χ1v) is 6.34. The molecule has 2 atom stereocenters. The minimum Gasteiger partial charge on any atom is -0.478 e. The van der Waals surface area contributed by atoms with Crippen LogP contribution in [0.15, 0.2) is 54.6 Å². The predicted molar refractivity (Wildman–Crippen MR) is 74.9 cm³/mol. The molecular formula is C15H13ClO4. The van der Waals surface area contributed by atoms with Crippen LogP contribution < -0.4 is 4.74 Å². The molecule has 0 saturated heterocycles. The molecule has 0 fully saturated rings. The van der Waals surface area contributed by atoms with Gasteiger partial charge in [0.05, 0.1) is 0 Å². The van der Waals surface area contributed by atoms with E-state index in [4.69, 9.17) is 16.3 Å². The SMILES string of the molecule is O=C(O)C(Oc1ccc(Cl)cc1)C(O)c1ccccc1. The van der Waals surface area contributed by atoms with Crippen LogP contribution in [0.4, 0.5) is 0 Å². The molecule has 0 aliphatic rings. The van der Waals surface area contributed by atoms with Gasteiger partial charge in [-0.25, -0.2) is 4.79 Å². The van der Waals surface area contributed by atoms with Crippen molar-refractivity contribution in [1.29, 1.82) is 0 Å². The molecule has 2 unspecified atom stereocenters. The van der Waals surface area contributed by atoms with Crippen molar-refractivity contribution in [3.63, 3.8) is 0 Å². The first-order chi connectivity index (χ1) is 9.58. The smallest absolute Gasteiger partial charge is 0.348 e. The topological polar surface area (TPSA) is 66.8 Å². The van der Waals surface area contributed by atoms with Gasteiger partial charge in [0.15, 0.2) is 0 Å². The van der Waals surface area contributed by atoms with Gasteiger partial charge in [0, 0.05) is 5.02 Å². The molecule has 0 aliphatic heterocycles. The Labute approximate surface area is 121 Å². The van der Waals surface area contributed by atoms with E-state index in [1.54, 1.807) is 54.6 Å². The van der Waals surface area contributed by atoms with Crippen LogP contribution in [0.25, 0.3) is 0 Å². The van der Waals surface area contributed by atoms with Crippen molar-refractivity contribution in [2.45, 2.75) is 12.2 Å². The van der Waals surface area contributed by atoms with Crippen molar-refractivity contribution in [3.8, 4) is 5.75 Å². The predicted octanol–water partition coefficient (Wildman–Crippen LogP) is 2.91. The highest BCUT2D eigenvalue weighted by molar-refractivity contribution is 6.30. The Morgan fingerprint density at radius 3 is 2.20 bits per heavy atom. The Kier molecular flexibility index (Phi) is 4.61. The van der Waals surface area contributed by atoms with Crippen LogP contribution >= 0.6 is 11.6 Å². The lowest BCUT2D eigenvalue weighted by molar-refractivity contribution is -0.150. The second-order valence-electron chi connectivity index (χ2n) is 4.19. The highest BCUT2D eigenvalue weighted by Crippen LogP contribution is 2.23. The molecule has 0 aliphatic carbocycles. The molecular weight excluding hydrogens is 280 g/mol. The maximum absolute atomic E-state index is 11.3. The van der Waals surface area contributed by atoms with Gasteiger partial charge in [0.2, 0.25) is 6.10 Å². The molecule has 0 spiro atoms. The van der Waals surface area contributed by atoms with Crippen LogP contribution in [-0.2, 0) is 4.79 Å². The van der Waals surface area contributed by atoms with Gasteiger partial charge in [-0.3, -0.25) is 0 Å². The van der Waals surface area contributed by atoms with E-state index < -0.39 is 18.2 Å². The van der Waals surface area contributed by atoms with Crippen molar-refractivity contribution in [3.05, 3.63) is 65.2 Å². The summed E-state index contributed by atoms with van der Waals surface area (Å²) in [4.78, 5) is 11.3. The minimum absolute atomic E-state index is 0.330. The second-order valence-corrected chi connectivity index (χ2v) is 4.62. The molecule has 2 aromatic rings. The largest absolute Gasteiger partial charge is 0.478 e. The van der Waals surface area contributed by atoms with Crippen LogP contribution in [0, 0.1) is 0 Å². The molecule has 104 valence electrons. The monoisotopic (exact) mass is 292 g/mol. The molecule has 0 saturated carbocycles. The van der Waals surface area contributed by atoms with Gasteiger partial charge in [0.25, 0.3) is 0 Å². The fourth-order valence-corrected chi connectivity index (χ4v) is 1.86. The summed E-state index contributed by atoms with van der Waals surface area (Å²) in [6, 6.07) is 14.8. The Balaban J connectivity index is 2.19. The zero-order chi connectivity index (χ0) is 14.5. The molecule has 2 aromatic carbocycles. The van der Waals surface area contributed by atoms with Crippen molar-refractivity contribution < 1.29 is 19.7 Å². The average molecular weight is 293 g/mol. The quantitative estimate of drug-likeness (QED) is 0.889. The van der Waals surface area contributed by atoms with E-state index in [0.717, 1.165) is 0 Å².